The molecule has 1 aromatic rings. The van der Waals surface area contributed by atoms with Gasteiger partial charge in [0.1, 0.15) is 0 Å². The Morgan fingerprint density at radius 2 is 1.61 bits per heavy atom. The van der Waals surface area contributed by atoms with E-state index in [9.17, 15) is 0 Å². The molecule has 0 heterocycles. The van der Waals surface area contributed by atoms with Crippen molar-refractivity contribution in [2.75, 3.05) is 6.54 Å². The molecule has 0 saturated heterocycles. The van der Waals surface area contributed by atoms with Gasteiger partial charge in [-0.05, 0) is 59.0 Å². The second kappa shape index (κ2) is 8.16. The summed E-state index contributed by atoms with van der Waals surface area (Å²) < 4.78 is 1.31. The molecule has 0 aliphatic heterocycles. The summed E-state index contributed by atoms with van der Waals surface area (Å²) in [6, 6.07) is 9.65. The van der Waals surface area contributed by atoms with Gasteiger partial charge >= 0.3 is 0 Å². The van der Waals surface area contributed by atoms with Crippen LogP contribution >= 0.6 is 22.6 Å². The first-order valence-corrected chi connectivity index (χ1v) is 8.13. The Morgan fingerprint density at radius 3 is 2.06 bits per heavy atom. The Bertz CT molecular complexity index is 327. The number of benzene rings is 1. The van der Waals surface area contributed by atoms with Crippen LogP contribution in [0.15, 0.2) is 24.3 Å². The second-order valence-electron chi connectivity index (χ2n) is 5.42. The van der Waals surface area contributed by atoms with Gasteiger partial charge in [-0.25, -0.2) is 0 Å². The molecule has 1 nitrogen and oxygen atoms in total. The van der Waals surface area contributed by atoms with E-state index in [2.05, 4.69) is 79.5 Å². The summed E-state index contributed by atoms with van der Waals surface area (Å²) in [6.45, 7) is 11.5. The van der Waals surface area contributed by atoms with E-state index < -0.39 is 0 Å². The minimum atomic E-state index is 0.715. The molecule has 0 spiro atoms. The predicted molar refractivity (Wildman–Crippen MR) is 88.8 cm³/mol. The zero-order chi connectivity index (χ0) is 13.5. The summed E-state index contributed by atoms with van der Waals surface area (Å²) in [5.41, 5.74) is 1.43. The first kappa shape index (κ1) is 16.0. The third-order valence-electron chi connectivity index (χ3n) is 3.36. The summed E-state index contributed by atoms with van der Waals surface area (Å²) in [6.07, 6.45) is 2.49. The molecule has 0 saturated carbocycles. The van der Waals surface area contributed by atoms with E-state index in [1.165, 1.54) is 28.5 Å². The summed E-state index contributed by atoms with van der Waals surface area (Å²) in [7, 11) is 0. The maximum atomic E-state index is 2.65. The van der Waals surface area contributed by atoms with E-state index in [4.69, 9.17) is 0 Å². The second-order valence-corrected chi connectivity index (χ2v) is 6.67. The molecule has 0 atom stereocenters. The molecule has 1 aromatic carbocycles. The number of nitrogens with zero attached hydrogens (tertiary/aromatic N) is 1. The standard InChI is InChI=1S/C16H26IN/c1-5-16(6-2)18(11-13(3)4)12-14-7-9-15(17)10-8-14/h7-10,13,16H,5-6,11-12H2,1-4H3. The Balaban J connectivity index is 2.73. The van der Waals surface area contributed by atoms with Gasteiger partial charge in [0.2, 0.25) is 0 Å². The van der Waals surface area contributed by atoms with Crippen molar-refractivity contribution in [1.82, 2.24) is 4.90 Å². The van der Waals surface area contributed by atoms with Crippen molar-refractivity contribution in [2.24, 2.45) is 5.92 Å². The van der Waals surface area contributed by atoms with Gasteiger partial charge < -0.3 is 0 Å². The fourth-order valence-electron chi connectivity index (χ4n) is 2.44. The lowest BCUT2D eigenvalue weighted by Gasteiger charge is -2.32. The highest BCUT2D eigenvalue weighted by atomic mass is 127. The quantitative estimate of drug-likeness (QED) is 0.624. The molecule has 0 radical (unpaired) electrons. The van der Waals surface area contributed by atoms with Crippen molar-refractivity contribution in [3.8, 4) is 0 Å². The van der Waals surface area contributed by atoms with E-state index in [0.717, 1.165) is 12.5 Å². The average Bonchev–Trinajstić information content (AvgIpc) is 2.33. The van der Waals surface area contributed by atoms with Crippen LogP contribution in [0.2, 0.25) is 0 Å². The lowest BCUT2D eigenvalue weighted by atomic mass is 10.1. The Hall–Kier alpha value is -0.0900. The van der Waals surface area contributed by atoms with Crippen molar-refractivity contribution in [2.45, 2.75) is 53.1 Å². The summed E-state index contributed by atoms with van der Waals surface area (Å²) in [4.78, 5) is 2.65. The van der Waals surface area contributed by atoms with Gasteiger partial charge in [-0.15, -0.1) is 0 Å². The van der Waals surface area contributed by atoms with E-state index in [1.807, 2.05) is 0 Å². The van der Waals surface area contributed by atoms with Crippen molar-refractivity contribution >= 4 is 22.6 Å². The van der Waals surface area contributed by atoms with E-state index in [0.29, 0.717) is 6.04 Å². The number of hydrogen-bond donors (Lipinski definition) is 0. The molecule has 0 aromatic heterocycles. The fraction of sp³-hybridized carbons (Fsp3) is 0.625. The van der Waals surface area contributed by atoms with Gasteiger partial charge in [-0.1, -0.05) is 39.8 Å². The molecule has 1 rings (SSSR count). The maximum absolute atomic E-state index is 2.65. The Kier molecular flexibility index (Phi) is 7.23. The van der Waals surface area contributed by atoms with Crippen LogP contribution in [0.3, 0.4) is 0 Å². The topological polar surface area (TPSA) is 3.24 Å². The van der Waals surface area contributed by atoms with E-state index in [1.54, 1.807) is 0 Å². The van der Waals surface area contributed by atoms with E-state index in [-0.39, 0.29) is 0 Å². The van der Waals surface area contributed by atoms with Crippen molar-refractivity contribution in [1.29, 1.82) is 0 Å². The van der Waals surface area contributed by atoms with E-state index >= 15 is 0 Å². The normalized spacial score (nSPS) is 11.8. The Labute approximate surface area is 126 Å². The molecule has 18 heavy (non-hydrogen) atoms. The van der Waals surface area contributed by atoms with Crippen LogP contribution in [0, 0.1) is 9.49 Å². The van der Waals surface area contributed by atoms with Crippen molar-refractivity contribution in [3.63, 3.8) is 0 Å². The summed E-state index contributed by atoms with van der Waals surface area (Å²) >= 11 is 2.36. The maximum Gasteiger partial charge on any atom is 0.0236 e. The summed E-state index contributed by atoms with van der Waals surface area (Å²) in [5.74, 6) is 0.731. The lowest BCUT2D eigenvalue weighted by molar-refractivity contribution is 0.157. The molecule has 0 unspecified atom stereocenters. The third kappa shape index (κ3) is 5.27. The zero-order valence-corrected chi connectivity index (χ0v) is 14.3. The van der Waals surface area contributed by atoms with Crippen LogP contribution in [-0.2, 0) is 6.54 Å². The first-order chi connectivity index (χ1) is 8.56. The van der Waals surface area contributed by atoms with Crippen LogP contribution in [0.4, 0.5) is 0 Å². The highest BCUT2D eigenvalue weighted by Gasteiger charge is 2.16. The smallest absolute Gasteiger partial charge is 0.0236 e. The molecular formula is C16H26IN. The zero-order valence-electron chi connectivity index (χ0n) is 12.1. The van der Waals surface area contributed by atoms with Crippen LogP contribution in [0.1, 0.15) is 46.1 Å². The minimum absolute atomic E-state index is 0.715. The van der Waals surface area contributed by atoms with Gasteiger partial charge in [0, 0.05) is 22.7 Å². The monoisotopic (exact) mass is 359 g/mol. The van der Waals surface area contributed by atoms with Crippen molar-refractivity contribution < 1.29 is 0 Å². The van der Waals surface area contributed by atoms with Crippen LogP contribution < -0.4 is 0 Å². The predicted octanol–water partition coefficient (Wildman–Crippen LogP) is 4.94. The molecule has 102 valence electrons. The lowest BCUT2D eigenvalue weighted by Crippen LogP contribution is -2.36. The molecule has 0 fully saturated rings. The number of hydrogen-bond acceptors (Lipinski definition) is 1. The highest BCUT2D eigenvalue weighted by Crippen LogP contribution is 2.16. The van der Waals surface area contributed by atoms with Crippen LogP contribution in [0.5, 0.6) is 0 Å². The average molecular weight is 359 g/mol. The molecule has 0 N–H and O–H groups in total. The Morgan fingerprint density at radius 1 is 1.06 bits per heavy atom. The SMILES string of the molecule is CCC(CC)N(Cc1ccc(I)cc1)CC(C)C. The molecule has 2 heteroatoms. The molecule has 0 amide bonds. The largest absolute Gasteiger partial charge is 0.296 e. The highest BCUT2D eigenvalue weighted by molar-refractivity contribution is 14.1. The van der Waals surface area contributed by atoms with Gasteiger partial charge in [0.05, 0.1) is 0 Å². The molecule has 0 bridgehead atoms. The fourth-order valence-corrected chi connectivity index (χ4v) is 2.80. The van der Waals surface area contributed by atoms with Crippen molar-refractivity contribution in [3.05, 3.63) is 33.4 Å². The molecule has 0 aliphatic rings. The van der Waals surface area contributed by atoms with Gasteiger partial charge in [0.25, 0.3) is 0 Å². The van der Waals surface area contributed by atoms with Gasteiger partial charge in [-0.2, -0.15) is 0 Å². The molecule has 0 aliphatic carbocycles. The van der Waals surface area contributed by atoms with Gasteiger partial charge in [0.15, 0.2) is 0 Å². The number of halogens is 1. The molecular weight excluding hydrogens is 333 g/mol. The van der Waals surface area contributed by atoms with Crippen LogP contribution in [-0.4, -0.2) is 17.5 Å². The third-order valence-corrected chi connectivity index (χ3v) is 4.08. The van der Waals surface area contributed by atoms with Crippen LogP contribution in [0.25, 0.3) is 0 Å². The minimum Gasteiger partial charge on any atom is -0.296 e. The van der Waals surface area contributed by atoms with Gasteiger partial charge in [-0.3, -0.25) is 4.90 Å². The summed E-state index contributed by atoms with van der Waals surface area (Å²) in [5, 5.41) is 0. The number of rotatable bonds is 7. The first-order valence-electron chi connectivity index (χ1n) is 7.05.